The summed E-state index contributed by atoms with van der Waals surface area (Å²) in [5, 5.41) is 2.48. The van der Waals surface area contributed by atoms with Gasteiger partial charge in [0.25, 0.3) is 0 Å². The summed E-state index contributed by atoms with van der Waals surface area (Å²) in [5.74, 6) is 2.00. The molecular weight excluding hydrogens is 414 g/mol. The van der Waals surface area contributed by atoms with Gasteiger partial charge in [0.15, 0.2) is 17.5 Å². The van der Waals surface area contributed by atoms with E-state index in [2.05, 4.69) is 66.7 Å². The molecule has 1 aromatic heterocycles. The third kappa shape index (κ3) is 3.84. The van der Waals surface area contributed by atoms with E-state index in [-0.39, 0.29) is 0 Å². The first-order valence-electron chi connectivity index (χ1n) is 11.3. The fraction of sp³-hybridized carbons (Fsp3) is 0. The van der Waals surface area contributed by atoms with Crippen LogP contribution in [0.1, 0.15) is 0 Å². The Labute approximate surface area is 198 Å². The summed E-state index contributed by atoms with van der Waals surface area (Å²) >= 11 is 0. The normalized spacial score (nSPS) is 10.9. The molecule has 6 rings (SSSR count). The van der Waals surface area contributed by atoms with Gasteiger partial charge < -0.3 is 0 Å². The Kier molecular flexibility index (Phi) is 5.13. The second-order valence-corrected chi connectivity index (χ2v) is 8.14. The summed E-state index contributed by atoms with van der Waals surface area (Å²) in [5.41, 5.74) is 5.28. The van der Waals surface area contributed by atoms with Crippen molar-refractivity contribution in [2.75, 3.05) is 0 Å². The third-order valence-electron chi connectivity index (χ3n) is 5.94. The largest absolute Gasteiger partial charge is 0.208 e. The van der Waals surface area contributed by atoms with E-state index in [1.54, 1.807) is 0 Å². The lowest BCUT2D eigenvalue weighted by atomic mass is 9.97. The molecule has 0 bridgehead atoms. The first-order chi connectivity index (χ1) is 16.8. The van der Waals surface area contributed by atoms with Crippen LogP contribution in [-0.4, -0.2) is 15.0 Å². The van der Waals surface area contributed by atoms with Crippen LogP contribution in [0.2, 0.25) is 0 Å². The molecule has 0 unspecified atom stereocenters. The molecule has 0 N–H and O–H groups in total. The van der Waals surface area contributed by atoms with Crippen LogP contribution in [0, 0.1) is 0 Å². The molecule has 0 aliphatic heterocycles. The van der Waals surface area contributed by atoms with Crippen LogP contribution in [0.25, 0.3) is 56.1 Å². The van der Waals surface area contributed by atoms with Gasteiger partial charge in [-0.1, -0.05) is 127 Å². The fourth-order valence-electron chi connectivity index (χ4n) is 4.21. The SMILES string of the molecule is c1ccc(-c2nc(-c3ccccc3)nc(-c3ccc(-c4cccc5ccccc45)cc3)n2)cc1. The molecule has 0 radical (unpaired) electrons. The van der Waals surface area contributed by atoms with Gasteiger partial charge in [-0.15, -0.1) is 0 Å². The number of hydrogen-bond donors (Lipinski definition) is 0. The van der Waals surface area contributed by atoms with Crippen LogP contribution in [0.15, 0.2) is 127 Å². The number of fused-ring (bicyclic) bond motifs is 1. The Morgan fingerprint density at radius 1 is 0.324 bits per heavy atom. The van der Waals surface area contributed by atoms with Crippen molar-refractivity contribution in [3.63, 3.8) is 0 Å². The highest BCUT2D eigenvalue weighted by Crippen LogP contribution is 2.31. The second-order valence-electron chi connectivity index (χ2n) is 8.14. The van der Waals surface area contributed by atoms with E-state index in [1.165, 1.54) is 21.9 Å². The number of nitrogens with zero attached hydrogens (tertiary/aromatic N) is 3. The predicted molar refractivity (Wildman–Crippen MR) is 139 cm³/mol. The average Bonchev–Trinajstić information content (AvgIpc) is 2.93. The highest BCUT2D eigenvalue weighted by atomic mass is 15.0. The Bertz CT molecular complexity index is 1510. The predicted octanol–water partition coefficient (Wildman–Crippen LogP) is 7.69. The second kappa shape index (κ2) is 8.72. The summed E-state index contributed by atoms with van der Waals surface area (Å²) in [6, 6.07) is 43.5. The first kappa shape index (κ1) is 20.0. The van der Waals surface area contributed by atoms with Gasteiger partial charge >= 0.3 is 0 Å². The molecule has 5 aromatic carbocycles. The van der Waals surface area contributed by atoms with Crippen molar-refractivity contribution in [2.24, 2.45) is 0 Å². The first-order valence-corrected chi connectivity index (χ1v) is 11.3. The highest BCUT2D eigenvalue weighted by molar-refractivity contribution is 5.96. The zero-order chi connectivity index (χ0) is 22.7. The van der Waals surface area contributed by atoms with E-state index in [0.29, 0.717) is 17.5 Å². The minimum Gasteiger partial charge on any atom is -0.208 e. The highest BCUT2D eigenvalue weighted by Gasteiger charge is 2.12. The standard InChI is InChI=1S/C31H21N3/c1-3-11-24(12-4-1)29-32-30(25-13-5-2-6-14-25)34-31(33-29)26-20-18-23(19-21-26)28-17-9-15-22-10-7-8-16-27(22)28/h1-21H. The molecule has 0 spiro atoms. The lowest BCUT2D eigenvalue weighted by Crippen LogP contribution is -2.00. The van der Waals surface area contributed by atoms with Gasteiger partial charge in [-0.2, -0.15) is 0 Å². The number of rotatable bonds is 4. The van der Waals surface area contributed by atoms with E-state index >= 15 is 0 Å². The van der Waals surface area contributed by atoms with Gasteiger partial charge in [0.1, 0.15) is 0 Å². The van der Waals surface area contributed by atoms with Gasteiger partial charge in [0.05, 0.1) is 0 Å². The van der Waals surface area contributed by atoms with E-state index in [1.807, 2.05) is 60.7 Å². The van der Waals surface area contributed by atoms with Crippen molar-refractivity contribution in [3.8, 4) is 45.3 Å². The van der Waals surface area contributed by atoms with Crippen molar-refractivity contribution in [2.45, 2.75) is 0 Å². The summed E-state index contributed by atoms with van der Waals surface area (Å²) in [6.45, 7) is 0. The lowest BCUT2D eigenvalue weighted by Gasteiger charge is -2.10. The molecule has 0 fully saturated rings. The van der Waals surface area contributed by atoms with Crippen LogP contribution in [0.4, 0.5) is 0 Å². The molecule has 3 nitrogen and oxygen atoms in total. The van der Waals surface area contributed by atoms with Crippen LogP contribution in [0.3, 0.4) is 0 Å². The van der Waals surface area contributed by atoms with Gasteiger partial charge in [0, 0.05) is 16.7 Å². The van der Waals surface area contributed by atoms with Crippen LogP contribution in [-0.2, 0) is 0 Å². The summed E-state index contributed by atoms with van der Waals surface area (Å²) in [7, 11) is 0. The lowest BCUT2D eigenvalue weighted by molar-refractivity contribution is 1.07. The van der Waals surface area contributed by atoms with E-state index in [4.69, 9.17) is 15.0 Å². The molecular formula is C31H21N3. The quantitative estimate of drug-likeness (QED) is 0.285. The summed E-state index contributed by atoms with van der Waals surface area (Å²) in [6.07, 6.45) is 0. The van der Waals surface area contributed by atoms with E-state index in [0.717, 1.165) is 16.7 Å². The van der Waals surface area contributed by atoms with Crippen LogP contribution in [0.5, 0.6) is 0 Å². The van der Waals surface area contributed by atoms with Crippen molar-refractivity contribution >= 4 is 10.8 Å². The Balaban J connectivity index is 1.45. The van der Waals surface area contributed by atoms with Gasteiger partial charge in [0.2, 0.25) is 0 Å². The Morgan fingerprint density at radius 2 is 0.765 bits per heavy atom. The van der Waals surface area contributed by atoms with Crippen molar-refractivity contribution in [1.29, 1.82) is 0 Å². The van der Waals surface area contributed by atoms with E-state index in [9.17, 15) is 0 Å². The molecule has 0 atom stereocenters. The van der Waals surface area contributed by atoms with Crippen LogP contribution >= 0.6 is 0 Å². The molecule has 34 heavy (non-hydrogen) atoms. The molecule has 0 aliphatic carbocycles. The zero-order valence-electron chi connectivity index (χ0n) is 18.5. The summed E-state index contributed by atoms with van der Waals surface area (Å²) < 4.78 is 0. The minimum absolute atomic E-state index is 0.664. The maximum atomic E-state index is 4.83. The van der Waals surface area contributed by atoms with Gasteiger partial charge in [-0.3, -0.25) is 0 Å². The average molecular weight is 436 g/mol. The number of aromatic nitrogens is 3. The zero-order valence-corrected chi connectivity index (χ0v) is 18.5. The number of benzene rings is 5. The Hall–Kier alpha value is -4.63. The van der Waals surface area contributed by atoms with Crippen LogP contribution < -0.4 is 0 Å². The van der Waals surface area contributed by atoms with E-state index < -0.39 is 0 Å². The maximum Gasteiger partial charge on any atom is 0.164 e. The minimum atomic E-state index is 0.664. The molecule has 0 saturated carbocycles. The maximum absolute atomic E-state index is 4.83. The molecule has 160 valence electrons. The summed E-state index contributed by atoms with van der Waals surface area (Å²) in [4.78, 5) is 14.4. The molecule has 0 saturated heterocycles. The molecule has 0 amide bonds. The fourth-order valence-corrected chi connectivity index (χ4v) is 4.21. The van der Waals surface area contributed by atoms with Gasteiger partial charge in [-0.25, -0.2) is 15.0 Å². The molecule has 1 heterocycles. The van der Waals surface area contributed by atoms with Crippen molar-refractivity contribution in [1.82, 2.24) is 15.0 Å². The monoisotopic (exact) mass is 435 g/mol. The topological polar surface area (TPSA) is 38.7 Å². The smallest absolute Gasteiger partial charge is 0.164 e. The van der Waals surface area contributed by atoms with Crippen molar-refractivity contribution < 1.29 is 0 Å². The number of hydrogen-bond acceptors (Lipinski definition) is 3. The molecule has 0 aliphatic rings. The molecule has 6 aromatic rings. The Morgan fingerprint density at radius 3 is 1.35 bits per heavy atom. The van der Waals surface area contributed by atoms with Crippen molar-refractivity contribution in [3.05, 3.63) is 127 Å². The molecule has 3 heteroatoms. The third-order valence-corrected chi connectivity index (χ3v) is 5.94. The van der Waals surface area contributed by atoms with Gasteiger partial charge in [-0.05, 0) is 21.9 Å².